The predicted octanol–water partition coefficient (Wildman–Crippen LogP) is 0.411. The molecule has 2 aliphatic rings. The molecule has 0 spiro atoms. The summed E-state index contributed by atoms with van der Waals surface area (Å²) in [7, 11) is 0. The minimum atomic E-state index is -0.727. The van der Waals surface area contributed by atoms with Crippen molar-refractivity contribution in [2.75, 3.05) is 26.2 Å². The van der Waals surface area contributed by atoms with Gasteiger partial charge in [0.15, 0.2) is 0 Å². The molecule has 1 heterocycles. The van der Waals surface area contributed by atoms with Crippen molar-refractivity contribution >= 4 is 5.97 Å². The lowest BCUT2D eigenvalue weighted by Gasteiger charge is -2.37. The first kappa shape index (κ1) is 10.9. The van der Waals surface area contributed by atoms with Gasteiger partial charge in [-0.25, -0.2) is 0 Å². The largest absolute Gasteiger partial charge is 0.480 e. The zero-order valence-electron chi connectivity index (χ0n) is 8.93. The van der Waals surface area contributed by atoms with Crippen LogP contribution in [0.3, 0.4) is 0 Å². The monoisotopic (exact) mass is 213 g/mol. The van der Waals surface area contributed by atoms with Gasteiger partial charge in [-0.3, -0.25) is 9.69 Å². The van der Waals surface area contributed by atoms with E-state index in [1.807, 2.05) is 0 Å². The third-order valence-corrected chi connectivity index (χ3v) is 3.93. The predicted molar refractivity (Wildman–Crippen MR) is 55.5 cm³/mol. The van der Waals surface area contributed by atoms with Crippen LogP contribution in [0.1, 0.15) is 19.3 Å². The summed E-state index contributed by atoms with van der Waals surface area (Å²) in [6, 6.07) is 0. The van der Waals surface area contributed by atoms with Crippen molar-refractivity contribution in [3.8, 4) is 0 Å². The van der Waals surface area contributed by atoms with Gasteiger partial charge >= 0.3 is 5.97 Å². The molecule has 0 aromatic heterocycles. The van der Waals surface area contributed by atoms with Crippen molar-refractivity contribution in [2.45, 2.75) is 19.3 Å². The molecule has 0 aromatic rings. The molecular weight excluding hydrogens is 194 g/mol. The van der Waals surface area contributed by atoms with Crippen LogP contribution in [0.5, 0.6) is 0 Å². The van der Waals surface area contributed by atoms with E-state index in [-0.39, 0.29) is 13.2 Å². The van der Waals surface area contributed by atoms with Gasteiger partial charge in [-0.1, -0.05) is 0 Å². The zero-order chi connectivity index (χ0) is 10.8. The van der Waals surface area contributed by atoms with Gasteiger partial charge < -0.3 is 10.2 Å². The summed E-state index contributed by atoms with van der Waals surface area (Å²) in [6.07, 6.45) is 3.33. The molecule has 2 atom stereocenters. The van der Waals surface area contributed by atoms with Gasteiger partial charge in [-0.15, -0.1) is 0 Å². The van der Waals surface area contributed by atoms with Crippen LogP contribution in [0.2, 0.25) is 0 Å². The number of hydrogen-bond donors (Lipinski definition) is 2. The van der Waals surface area contributed by atoms with Crippen molar-refractivity contribution in [1.82, 2.24) is 4.90 Å². The highest BCUT2D eigenvalue weighted by Gasteiger charge is 2.41. The molecular formula is C11H19NO3. The number of carbonyl (C=O) groups is 1. The Kier molecular flexibility index (Phi) is 3.26. The zero-order valence-corrected chi connectivity index (χ0v) is 8.93. The quantitative estimate of drug-likeness (QED) is 0.710. The minimum absolute atomic E-state index is 0.179. The fourth-order valence-corrected chi connectivity index (χ4v) is 3.37. The maximum Gasteiger partial charge on any atom is 0.317 e. The van der Waals surface area contributed by atoms with Crippen LogP contribution < -0.4 is 0 Å². The minimum Gasteiger partial charge on any atom is -0.480 e. The maximum atomic E-state index is 10.6. The van der Waals surface area contributed by atoms with E-state index in [4.69, 9.17) is 10.2 Å². The number of nitrogens with zero attached hydrogens (tertiary/aromatic N) is 1. The number of carboxylic acids is 1. The Balaban J connectivity index is 1.92. The van der Waals surface area contributed by atoms with Crippen LogP contribution in [0.4, 0.5) is 0 Å². The van der Waals surface area contributed by atoms with Crippen LogP contribution >= 0.6 is 0 Å². The molecule has 15 heavy (non-hydrogen) atoms. The summed E-state index contributed by atoms with van der Waals surface area (Å²) >= 11 is 0. The van der Waals surface area contributed by atoms with Crippen LogP contribution in [-0.4, -0.2) is 47.3 Å². The number of aliphatic carboxylic acids is 1. The summed E-state index contributed by atoms with van der Waals surface area (Å²) in [6.45, 7) is 2.27. The van der Waals surface area contributed by atoms with Gasteiger partial charge in [-0.2, -0.15) is 0 Å². The molecule has 0 radical (unpaired) electrons. The lowest BCUT2D eigenvalue weighted by Crippen LogP contribution is -2.44. The van der Waals surface area contributed by atoms with E-state index < -0.39 is 5.97 Å². The molecule has 2 bridgehead atoms. The van der Waals surface area contributed by atoms with Crippen molar-refractivity contribution in [3.05, 3.63) is 0 Å². The van der Waals surface area contributed by atoms with Gasteiger partial charge in [0.1, 0.15) is 0 Å². The Hall–Kier alpha value is -0.610. The van der Waals surface area contributed by atoms with Crippen molar-refractivity contribution in [2.24, 2.45) is 17.8 Å². The average molecular weight is 213 g/mol. The molecule has 4 heteroatoms. The Morgan fingerprint density at radius 2 is 1.87 bits per heavy atom. The first-order chi connectivity index (χ1) is 7.20. The maximum absolute atomic E-state index is 10.6. The fraction of sp³-hybridized carbons (Fsp3) is 0.909. The van der Waals surface area contributed by atoms with Crippen LogP contribution in [0.15, 0.2) is 0 Å². The number of aliphatic hydroxyl groups is 1. The second-order valence-corrected chi connectivity index (χ2v) is 4.86. The van der Waals surface area contributed by atoms with Gasteiger partial charge in [0.05, 0.1) is 6.54 Å². The number of rotatable bonds is 4. The van der Waals surface area contributed by atoms with E-state index in [1.54, 1.807) is 0 Å². The summed E-state index contributed by atoms with van der Waals surface area (Å²) in [5.41, 5.74) is 0. The average Bonchev–Trinajstić information content (AvgIpc) is 2.43. The molecule has 2 unspecified atom stereocenters. The smallest absolute Gasteiger partial charge is 0.317 e. The molecule has 1 aliphatic carbocycles. The normalized spacial score (nSPS) is 35.7. The van der Waals surface area contributed by atoms with Crippen molar-refractivity contribution in [3.63, 3.8) is 0 Å². The standard InChI is InChI=1S/C11H19NO3/c13-4-3-10-8-1-2-9(10)6-12(5-8)7-11(14)15/h8-10,13H,1-7H2,(H,14,15). The highest BCUT2D eigenvalue weighted by atomic mass is 16.4. The summed E-state index contributed by atoms with van der Waals surface area (Å²) in [5.74, 6) is 1.15. The van der Waals surface area contributed by atoms with Crippen LogP contribution in [-0.2, 0) is 4.79 Å². The van der Waals surface area contributed by atoms with E-state index in [1.165, 1.54) is 12.8 Å². The van der Waals surface area contributed by atoms with E-state index in [2.05, 4.69) is 4.90 Å². The molecule has 0 aromatic carbocycles. The van der Waals surface area contributed by atoms with Gasteiger partial charge in [0.25, 0.3) is 0 Å². The Morgan fingerprint density at radius 3 is 2.33 bits per heavy atom. The molecule has 2 rings (SSSR count). The number of carboxylic acid groups (broad SMARTS) is 1. The van der Waals surface area contributed by atoms with Crippen molar-refractivity contribution in [1.29, 1.82) is 0 Å². The lowest BCUT2D eigenvalue weighted by atomic mass is 9.83. The third-order valence-electron chi connectivity index (χ3n) is 3.93. The number of aliphatic hydroxyl groups excluding tert-OH is 1. The van der Waals surface area contributed by atoms with Gasteiger partial charge in [0.2, 0.25) is 0 Å². The second kappa shape index (κ2) is 4.49. The van der Waals surface area contributed by atoms with Crippen LogP contribution in [0.25, 0.3) is 0 Å². The van der Waals surface area contributed by atoms with E-state index >= 15 is 0 Å². The third kappa shape index (κ3) is 2.32. The summed E-state index contributed by atoms with van der Waals surface area (Å²) in [4.78, 5) is 12.7. The SMILES string of the molecule is O=C(O)CN1CC2CCC(C1)C2CCO. The molecule has 2 fully saturated rings. The second-order valence-electron chi connectivity index (χ2n) is 4.86. The Bertz CT molecular complexity index is 230. The highest BCUT2D eigenvalue weighted by molar-refractivity contribution is 5.69. The summed E-state index contributed by atoms with van der Waals surface area (Å²) in [5, 5.41) is 17.7. The van der Waals surface area contributed by atoms with E-state index in [9.17, 15) is 4.79 Å². The first-order valence-corrected chi connectivity index (χ1v) is 5.75. The number of fused-ring (bicyclic) bond motifs is 2. The van der Waals surface area contributed by atoms with E-state index in [0.717, 1.165) is 19.5 Å². The molecule has 0 amide bonds. The summed E-state index contributed by atoms with van der Waals surface area (Å²) < 4.78 is 0. The van der Waals surface area contributed by atoms with Gasteiger partial charge in [0, 0.05) is 19.7 Å². The highest BCUT2D eigenvalue weighted by Crippen LogP contribution is 2.43. The number of likely N-dealkylation sites (tertiary alicyclic amines) is 1. The molecule has 2 N–H and O–H groups in total. The first-order valence-electron chi connectivity index (χ1n) is 5.75. The van der Waals surface area contributed by atoms with E-state index in [0.29, 0.717) is 17.8 Å². The van der Waals surface area contributed by atoms with Crippen LogP contribution in [0, 0.1) is 17.8 Å². The number of piperidine rings is 1. The molecule has 4 nitrogen and oxygen atoms in total. The number of hydrogen-bond acceptors (Lipinski definition) is 3. The topological polar surface area (TPSA) is 60.8 Å². The lowest BCUT2D eigenvalue weighted by molar-refractivity contribution is -0.139. The molecule has 1 saturated heterocycles. The Morgan fingerprint density at radius 1 is 1.27 bits per heavy atom. The van der Waals surface area contributed by atoms with Crippen molar-refractivity contribution < 1.29 is 15.0 Å². The molecule has 1 saturated carbocycles. The Labute approximate surface area is 89.9 Å². The molecule has 86 valence electrons. The van der Waals surface area contributed by atoms with Gasteiger partial charge in [-0.05, 0) is 37.0 Å². The fourth-order valence-electron chi connectivity index (χ4n) is 3.37. The molecule has 1 aliphatic heterocycles.